The van der Waals surface area contributed by atoms with E-state index in [9.17, 15) is 4.79 Å². The number of thiophene rings is 1. The third kappa shape index (κ3) is 7.12. The molecule has 8 heteroatoms. The molecule has 0 radical (unpaired) electrons. The highest BCUT2D eigenvalue weighted by Gasteiger charge is 2.24. The zero-order valence-corrected chi connectivity index (χ0v) is 17.7. The maximum atomic E-state index is 11.9. The van der Waals surface area contributed by atoms with E-state index in [1.165, 1.54) is 4.88 Å². The van der Waals surface area contributed by atoms with Gasteiger partial charge >= 0.3 is 6.09 Å². The van der Waals surface area contributed by atoms with Crippen molar-refractivity contribution in [1.29, 1.82) is 0 Å². The summed E-state index contributed by atoms with van der Waals surface area (Å²) in [6.45, 7) is 5.13. The van der Waals surface area contributed by atoms with Gasteiger partial charge in [0.1, 0.15) is 5.76 Å². The molecule has 0 spiro atoms. The van der Waals surface area contributed by atoms with Crippen LogP contribution in [-0.2, 0) is 17.6 Å². The van der Waals surface area contributed by atoms with Crippen molar-refractivity contribution in [3.63, 3.8) is 0 Å². The van der Waals surface area contributed by atoms with E-state index in [0.717, 1.165) is 50.5 Å². The number of hydrogen-bond acceptors (Lipinski definition) is 5. The van der Waals surface area contributed by atoms with E-state index >= 15 is 0 Å². The van der Waals surface area contributed by atoms with E-state index in [4.69, 9.17) is 14.1 Å². The lowest BCUT2D eigenvalue weighted by Crippen LogP contribution is -2.50. The van der Waals surface area contributed by atoms with E-state index in [0.29, 0.717) is 19.7 Å². The summed E-state index contributed by atoms with van der Waals surface area (Å²) >= 11 is 1.76. The Labute approximate surface area is 176 Å². The van der Waals surface area contributed by atoms with Crippen molar-refractivity contribution < 1.29 is 13.9 Å². The molecule has 1 fully saturated rings. The molecule has 158 valence electrons. The van der Waals surface area contributed by atoms with E-state index in [-0.39, 0.29) is 12.1 Å². The van der Waals surface area contributed by atoms with E-state index in [1.807, 2.05) is 19.1 Å². The highest BCUT2D eigenvalue weighted by atomic mass is 32.1. The van der Waals surface area contributed by atoms with Crippen LogP contribution in [0.3, 0.4) is 0 Å². The minimum Gasteiger partial charge on any atom is -0.469 e. The van der Waals surface area contributed by atoms with Crippen LogP contribution >= 0.6 is 11.3 Å². The zero-order chi connectivity index (χ0) is 20.3. The molecule has 0 aliphatic carbocycles. The van der Waals surface area contributed by atoms with Crippen LogP contribution in [0.1, 0.15) is 30.4 Å². The largest absolute Gasteiger partial charge is 0.469 e. The minimum atomic E-state index is -0.215. The number of guanidine groups is 1. The quantitative estimate of drug-likeness (QED) is 0.508. The highest BCUT2D eigenvalue weighted by molar-refractivity contribution is 7.09. The molecule has 1 aliphatic heterocycles. The first-order valence-electron chi connectivity index (χ1n) is 10.3. The molecular weight excluding hydrogens is 388 g/mol. The predicted octanol–water partition coefficient (Wildman–Crippen LogP) is 3.28. The lowest BCUT2D eigenvalue weighted by atomic mass is 10.1. The topological polar surface area (TPSA) is 79.1 Å². The number of hydrogen-bond donors (Lipinski definition) is 2. The van der Waals surface area contributed by atoms with Crippen LogP contribution in [0.2, 0.25) is 0 Å². The fourth-order valence-corrected chi connectivity index (χ4v) is 3.96. The lowest BCUT2D eigenvalue weighted by Gasteiger charge is -2.32. The Morgan fingerprint density at radius 2 is 2.17 bits per heavy atom. The summed E-state index contributed by atoms with van der Waals surface area (Å²) in [4.78, 5) is 19.8. The zero-order valence-electron chi connectivity index (χ0n) is 16.9. The van der Waals surface area contributed by atoms with Crippen LogP contribution < -0.4 is 10.6 Å². The lowest BCUT2D eigenvalue weighted by molar-refractivity contribution is 0.0963. The third-order valence-electron chi connectivity index (χ3n) is 4.81. The van der Waals surface area contributed by atoms with Gasteiger partial charge in [-0.1, -0.05) is 6.07 Å². The Balaban J connectivity index is 1.49. The SMILES string of the molecule is CCOC(=O)N1CCC(NC(=NCCc2cccs2)NCCc2ccco2)CC1. The fraction of sp³-hybridized carbons (Fsp3) is 0.524. The smallest absolute Gasteiger partial charge is 0.409 e. The molecular formula is C21H30N4O3S. The molecule has 0 unspecified atom stereocenters. The van der Waals surface area contributed by atoms with E-state index in [2.05, 4.69) is 28.1 Å². The van der Waals surface area contributed by atoms with Gasteiger partial charge < -0.3 is 24.7 Å². The van der Waals surface area contributed by atoms with Crippen molar-refractivity contribution in [2.24, 2.45) is 4.99 Å². The first kappa shape index (κ1) is 21.2. The first-order valence-corrected chi connectivity index (χ1v) is 11.1. The number of furan rings is 1. The molecule has 7 nitrogen and oxygen atoms in total. The summed E-state index contributed by atoms with van der Waals surface area (Å²) in [5, 5.41) is 9.05. The second-order valence-corrected chi connectivity index (χ2v) is 7.95. The summed E-state index contributed by atoms with van der Waals surface area (Å²) in [7, 11) is 0. The molecule has 29 heavy (non-hydrogen) atoms. The van der Waals surface area contributed by atoms with Gasteiger partial charge in [0.05, 0.1) is 12.9 Å². The van der Waals surface area contributed by atoms with Crippen molar-refractivity contribution in [2.45, 2.75) is 38.6 Å². The minimum absolute atomic E-state index is 0.215. The summed E-state index contributed by atoms with van der Waals surface area (Å²) < 4.78 is 10.5. The monoisotopic (exact) mass is 418 g/mol. The van der Waals surface area contributed by atoms with Gasteiger partial charge in [-0.05, 0) is 43.3 Å². The number of nitrogens with one attached hydrogen (secondary N) is 2. The first-order chi connectivity index (χ1) is 14.2. The van der Waals surface area contributed by atoms with Gasteiger partial charge in [-0.15, -0.1) is 11.3 Å². The standard InChI is InChI=1S/C21H30N4O3S/c1-2-27-21(26)25-13-9-17(10-14-25)24-20(22-11-7-18-5-3-15-28-18)23-12-8-19-6-4-16-29-19/h3-6,15-17H,2,7-14H2,1H3,(H2,22,23,24). The van der Waals surface area contributed by atoms with Crippen molar-refractivity contribution in [1.82, 2.24) is 15.5 Å². The van der Waals surface area contributed by atoms with Crippen molar-refractivity contribution in [2.75, 3.05) is 32.8 Å². The third-order valence-corrected chi connectivity index (χ3v) is 5.75. The van der Waals surface area contributed by atoms with Crippen molar-refractivity contribution in [3.05, 3.63) is 46.5 Å². The number of piperidine rings is 1. The normalized spacial score (nSPS) is 15.3. The van der Waals surface area contributed by atoms with Crippen LogP contribution in [-0.4, -0.2) is 55.8 Å². The van der Waals surface area contributed by atoms with Crippen LogP contribution in [0.4, 0.5) is 4.79 Å². The van der Waals surface area contributed by atoms with Gasteiger partial charge in [-0.2, -0.15) is 0 Å². The Morgan fingerprint density at radius 1 is 1.31 bits per heavy atom. The second-order valence-electron chi connectivity index (χ2n) is 6.92. The average molecular weight is 419 g/mol. The molecule has 0 saturated carbocycles. The number of amides is 1. The van der Waals surface area contributed by atoms with E-state index in [1.54, 1.807) is 22.5 Å². The van der Waals surface area contributed by atoms with Crippen LogP contribution in [0.25, 0.3) is 0 Å². The van der Waals surface area contributed by atoms with E-state index < -0.39 is 0 Å². The molecule has 2 aromatic rings. The predicted molar refractivity (Wildman–Crippen MR) is 115 cm³/mol. The van der Waals surface area contributed by atoms with Crippen molar-refractivity contribution >= 4 is 23.4 Å². The van der Waals surface area contributed by atoms with Gasteiger partial charge in [0, 0.05) is 49.9 Å². The molecule has 1 amide bonds. The number of aliphatic imine (C=N–C) groups is 1. The number of likely N-dealkylation sites (tertiary alicyclic amines) is 1. The van der Waals surface area contributed by atoms with Crippen LogP contribution in [0.5, 0.6) is 0 Å². The van der Waals surface area contributed by atoms with Gasteiger partial charge in [-0.3, -0.25) is 4.99 Å². The molecule has 2 aromatic heterocycles. The molecule has 2 N–H and O–H groups in total. The number of ether oxygens (including phenoxy) is 1. The second kappa shape index (κ2) is 11.5. The average Bonchev–Trinajstić information content (AvgIpc) is 3.43. The molecule has 3 rings (SSSR count). The Morgan fingerprint density at radius 3 is 2.86 bits per heavy atom. The number of nitrogens with zero attached hydrogens (tertiary/aromatic N) is 2. The van der Waals surface area contributed by atoms with Crippen molar-refractivity contribution in [3.8, 4) is 0 Å². The summed E-state index contributed by atoms with van der Waals surface area (Å²) in [6.07, 6.45) is 4.98. The molecule has 3 heterocycles. The molecule has 0 aromatic carbocycles. The highest BCUT2D eigenvalue weighted by Crippen LogP contribution is 2.12. The number of carbonyl (C=O) groups excluding carboxylic acids is 1. The van der Waals surface area contributed by atoms with Crippen LogP contribution in [0, 0.1) is 0 Å². The number of carbonyl (C=O) groups is 1. The summed E-state index contributed by atoms with van der Waals surface area (Å²) in [5.74, 6) is 1.78. The molecule has 1 aliphatic rings. The van der Waals surface area contributed by atoms with Gasteiger partial charge in [0.2, 0.25) is 0 Å². The molecule has 1 saturated heterocycles. The molecule has 0 bridgehead atoms. The Bertz CT molecular complexity index is 738. The maximum absolute atomic E-state index is 11.9. The Kier molecular flexibility index (Phi) is 8.42. The van der Waals surface area contributed by atoms with Crippen LogP contribution in [0.15, 0.2) is 45.3 Å². The Hall–Kier alpha value is -2.48. The van der Waals surface area contributed by atoms with Gasteiger partial charge in [-0.25, -0.2) is 4.79 Å². The summed E-state index contributed by atoms with van der Waals surface area (Å²) in [5.41, 5.74) is 0. The van der Waals surface area contributed by atoms with Gasteiger partial charge in [0.25, 0.3) is 0 Å². The summed E-state index contributed by atoms with van der Waals surface area (Å²) in [6, 6.07) is 8.39. The maximum Gasteiger partial charge on any atom is 0.409 e. The van der Waals surface area contributed by atoms with Gasteiger partial charge in [0.15, 0.2) is 5.96 Å². The molecule has 0 atom stereocenters. The fourth-order valence-electron chi connectivity index (χ4n) is 3.26. The number of rotatable bonds is 8.